The fraction of sp³-hybridized carbons (Fsp3) is 0.417. The molecule has 1 aliphatic heterocycles. The van der Waals surface area contributed by atoms with E-state index in [0.717, 1.165) is 12.8 Å². The van der Waals surface area contributed by atoms with Crippen LogP contribution in [0.15, 0.2) is 17.1 Å². The monoisotopic (exact) mass is 173 g/mol. The molecule has 0 saturated carbocycles. The van der Waals surface area contributed by atoms with Gasteiger partial charge in [-0.1, -0.05) is 13.0 Å². The van der Waals surface area contributed by atoms with E-state index in [2.05, 4.69) is 37.9 Å². The highest BCUT2D eigenvalue weighted by Gasteiger charge is 2.15. The molecule has 0 aliphatic carbocycles. The van der Waals surface area contributed by atoms with E-state index in [1.165, 1.54) is 28.1 Å². The lowest BCUT2D eigenvalue weighted by Gasteiger charge is -2.03. The first-order chi connectivity index (χ1) is 6.20. The summed E-state index contributed by atoms with van der Waals surface area (Å²) in [6.45, 7) is 6.49. The van der Waals surface area contributed by atoms with E-state index in [-0.39, 0.29) is 0 Å². The van der Waals surface area contributed by atoms with Crippen LogP contribution in [0.25, 0.3) is 0 Å². The van der Waals surface area contributed by atoms with Gasteiger partial charge in [-0.05, 0) is 43.0 Å². The van der Waals surface area contributed by atoms with Crippen molar-refractivity contribution in [2.24, 2.45) is 4.99 Å². The maximum absolute atomic E-state index is 4.61. The molecule has 0 saturated heterocycles. The van der Waals surface area contributed by atoms with Gasteiger partial charge in [-0.3, -0.25) is 4.99 Å². The number of benzene rings is 1. The van der Waals surface area contributed by atoms with Gasteiger partial charge in [0.1, 0.15) is 0 Å². The molecule has 0 atom stereocenters. The number of hydrogen-bond acceptors (Lipinski definition) is 1. The predicted molar refractivity (Wildman–Crippen MR) is 57.0 cm³/mol. The summed E-state index contributed by atoms with van der Waals surface area (Å²) in [4.78, 5) is 4.61. The minimum atomic E-state index is 1.07. The molecule has 2 rings (SSSR count). The van der Waals surface area contributed by atoms with Crippen LogP contribution in [0.5, 0.6) is 0 Å². The molecule has 0 bridgehead atoms. The van der Waals surface area contributed by atoms with Crippen molar-refractivity contribution in [2.75, 3.05) is 0 Å². The summed E-state index contributed by atoms with van der Waals surface area (Å²) in [7, 11) is 0. The van der Waals surface area contributed by atoms with Gasteiger partial charge in [0.15, 0.2) is 0 Å². The van der Waals surface area contributed by atoms with Crippen LogP contribution in [0, 0.1) is 13.8 Å². The summed E-state index contributed by atoms with van der Waals surface area (Å²) < 4.78 is 0. The van der Waals surface area contributed by atoms with Gasteiger partial charge < -0.3 is 0 Å². The molecule has 1 nitrogen and oxygen atoms in total. The summed E-state index contributed by atoms with van der Waals surface area (Å²) in [6.07, 6.45) is 2.14. The lowest BCUT2D eigenvalue weighted by molar-refractivity contribution is 1.21. The topological polar surface area (TPSA) is 12.4 Å². The van der Waals surface area contributed by atoms with Crippen LogP contribution in [-0.2, 0) is 6.42 Å². The van der Waals surface area contributed by atoms with Gasteiger partial charge in [0.25, 0.3) is 0 Å². The Morgan fingerprint density at radius 1 is 1.31 bits per heavy atom. The average molecular weight is 173 g/mol. The predicted octanol–water partition coefficient (Wildman–Crippen LogP) is 3.34. The molecule has 1 heteroatoms. The Kier molecular flexibility index (Phi) is 1.95. The molecule has 0 unspecified atom stereocenters. The second-order valence-electron chi connectivity index (χ2n) is 3.79. The van der Waals surface area contributed by atoms with E-state index in [1.807, 2.05) is 0 Å². The van der Waals surface area contributed by atoms with Gasteiger partial charge in [-0.15, -0.1) is 0 Å². The third-order valence-corrected chi connectivity index (χ3v) is 2.66. The van der Waals surface area contributed by atoms with Crippen LogP contribution in [-0.4, -0.2) is 5.71 Å². The summed E-state index contributed by atoms with van der Waals surface area (Å²) in [6, 6.07) is 4.43. The number of aliphatic imine (C=N–C) groups is 1. The van der Waals surface area contributed by atoms with Gasteiger partial charge >= 0.3 is 0 Å². The van der Waals surface area contributed by atoms with E-state index in [4.69, 9.17) is 0 Å². The van der Waals surface area contributed by atoms with Gasteiger partial charge in [-0.2, -0.15) is 0 Å². The minimum absolute atomic E-state index is 1.07. The van der Waals surface area contributed by atoms with E-state index in [0.29, 0.717) is 0 Å². The fourth-order valence-electron chi connectivity index (χ4n) is 1.92. The summed E-state index contributed by atoms with van der Waals surface area (Å²) in [5.74, 6) is 0. The first-order valence-corrected chi connectivity index (χ1v) is 4.87. The molecule has 0 N–H and O–H groups in total. The minimum Gasteiger partial charge on any atom is -0.257 e. The molecular formula is C12H15N. The van der Waals surface area contributed by atoms with Crippen molar-refractivity contribution >= 4 is 11.4 Å². The zero-order chi connectivity index (χ0) is 9.42. The molecule has 0 amide bonds. The number of nitrogens with zero attached hydrogens (tertiary/aromatic N) is 1. The zero-order valence-corrected chi connectivity index (χ0v) is 8.52. The lowest BCUT2D eigenvalue weighted by Crippen LogP contribution is -1.95. The van der Waals surface area contributed by atoms with E-state index in [1.54, 1.807) is 0 Å². The fourth-order valence-corrected chi connectivity index (χ4v) is 1.92. The summed E-state index contributed by atoms with van der Waals surface area (Å²) >= 11 is 0. The molecule has 0 radical (unpaired) electrons. The SMILES string of the molecule is CCC1=Nc2cc(C)cc(C)c2C1. The maximum Gasteiger partial charge on any atom is 0.0670 e. The second-order valence-corrected chi connectivity index (χ2v) is 3.79. The van der Waals surface area contributed by atoms with Gasteiger partial charge in [0, 0.05) is 12.1 Å². The molecule has 0 fully saturated rings. The van der Waals surface area contributed by atoms with Crippen LogP contribution in [0.1, 0.15) is 30.0 Å². The highest BCUT2D eigenvalue weighted by atomic mass is 14.8. The van der Waals surface area contributed by atoms with E-state index in [9.17, 15) is 0 Å². The van der Waals surface area contributed by atoms with E-state index < -0.39 is 0 Å². The summed E-state index contributed by atoms with van der Waals surface area (Å²) in [5.41, 5.74) is 6.67. The van der Waals surface area contributed by atoms with Crippen LogP contribution in [0.3, 0.4) is 0 Å². The van der Waals surface area contributed by atoms with Crippen LogP contribution >= 0.6 is 0 Å². The third-order valence-electron chi connectivity index (χ3n) is 2.66. The third kappa shape index (κ3) is 1.39. The second kappa shape index (κ2) is 2.99. The van der Waals surface area contributed by atoms with Gasteiger partial charge in [0.2, 0.25) is 0 Å². The van der Waals surface area contributed by atoms with Crippen LogP contribution in [0.2, 0.25) is 0 Å². The summed E-state index contributed by atoms with van der Waals surface area (Å²) in [5, 5.41) is 0. The standard InChI is InChI=1S/C12H15N/c1-4-10-7-11-9(3)5-8(2)6-12(11)13-10/h5-6H,4,7H2,1-3H3. The van der Waals surface area contributed by atoms with Crippen molar-refractivity contribution in [3.63, 3.8) is 0 Å². The van der Waals surface area contributed by atoms with Crippen molar-refractivity contribution in [1.82, 2.24) is 0 Å². The molecule has 68 valence electrons. The maximum atomic E-state index is 4.61. The molecular weight excluding hydrogens is 158 g/mol. The largest absolute Gasteiger partial charge is 0.257 e. The van der Waals surface area contributed by atoms with Crippen molar-refractivity contribution in [1.29, 1.82) is 0 Å². The van der Waals surface area contributed by atoms with Crippen LogP contribution in [0.4, 0.5) is 5.69 Å². The Bertz CT molecular complexity index is 375. The molecule has 1 aromatic carbocycles. The van der Waals surface area contributed by atoms with Crippen molar-refractivity contribution in [3.05, 3.63) is 28.8 Å². The first kappa shape index (κ1) is 8.49. The molecule has 1 aromatic rings. The van der Waals surface area contributed by atoms with Gasteiger partial charge in [-0.25, -0.2) is 0 Å². The normalized spacial score (nSPS) is 14.2. The smallest absolute Gasteiger partial charge is 0.0670 e. The Hall–Kier alpha value is -1.11. The Morgan fingerprint density at radius 3 is 2.77 bits per heavy atom. The van der Waals surface area contributed by atoms with Crippen molar-refractivity contribution in [2.45, 2.75) is 33.6 Å². The zero-order valence-electron chi connectivity index (χ0n) is 8.52. The van der Waals surface area contributed by atoms with Gasteiger partial charge in [0.05, 0.1) is 5.69 Å². The Balaban J connectivity index is 2.50. The molecule has 13 heavy (non-hydrogen) atoms. The first-order valence-electron chi connectivity index (χ1n) is 4.87. The number of rotatable bonds is 1. The molecule has 1 aliphatic rings. The van der Waals surface area contributed by atoms with Crippen molar-refractivity contribution in [3.8, 4) is 0 Å². The lowest BCUT2D eigenvalue weighted by atomic mass is 10.0. The van der Waals surface area contributed by atoms with E-state index >= 15 is 0 Å². The Labute approximate surface area is 79.5 Å². The Morgan fingerprint density at radius 2 is 2.08 bits per heavy atom. The molecule has 0 aromatic heterocycles. The number of fused-ring (bicyclic) bond motifs is 1. The van der Waals surface area contributed by atoms with Crippen LogP contribution < -0.4 is 0 Å². The number of hydrogen-bond donors (Lipinski definition) is 0. The van der Waals surface area contributed by atoms with Crippen molar-refractivity contribution < 1.29 is 0 Å². The highest BCUT2D eigenvalue weighted by molar-refractivity contribution is 5.94. The average Bonchev–Trinajstić information content (AvgIpc) is 2.47. The number of aryl methyl sites for hydroxylation is 2. The highest BCUT2D eigenvalue weighted by Crippen LogP contribution is 2.31. The molecule has 1 heterocycles. The quantitative estimate of drug-likeness (QED) is 0.617. The molecule has 0 spiro atoms.